The van der Waals surface area contributed by atoms with Crippen molar-refractivity contribution in [1.82, 2.24) is 9.80 Å². The van der Waals surface area contributed by atoms with Gasteiger partial charge in [-0.3, -0.25) is 14.6 Å². The van der Waals surface area contributed by atoms with E-state index in [1.54, 1.807) is 6.08 Å². The van der Waals surface area contributed by atoms with Gasteiger partial charge in [0.15, 0.2) is 5.78 Å². The Morgan fingerprint density at radius 1 is 0.830 bits per heavy atom. The zero-order valence-electron chi connectivity index (χ0n) is 26.8. The number of ketones is 1. The van der Waals surface area contributed by atoms with Crippen LogP contribution in [0, 0.1) is 17.3 Å². The highest BCUT2D eigenvalue weighted by molar-refractivity contribution is 5.93. The number of hydrogen-bond donors (Lipinski definition) is 1. The number of nitrogens with zero attached hydrogens (tertiary/aromatic N) is 2. The predicted molar refractivity (Wildman–Crippen MR) is 170 cm³/mol. The molecule has 1 N–H and O–H groups in total. The van der Waals surface area contributed by atoms with Crippen molar-refractivity contribution in [3.05, 3.63) is 94.1 Å². The number of carbonyl (C=O) groups is 1. The molecule has 252 valence electrons. The van der Waals surface area contributed by atoms with Crippen molar-refractivity contribution in [1.29, 1.82) is 0 Å². The summed E-state index contributed by atoms with van der Waals surface area (Å²) in [7, 11) is 0. The number of piperazine rings is 1. The molecule has 0 bridgehead atoms. The number of benzene rings is 2. The van der Waals surface area contributed by atoms with Crippen LogP contribution in [0.4, 0.5) is 22.0 Å². The number of aliphatic hydroxyl groups is 1. The molecule has 4 nitrogen and oxygen atoms in total. The Labute approximate surface area is 273 Å². The Morgan fingerprint density at radius 2 is 1.45 bits per heavy atom. The molecule has 7 rings (SSSR count). The molecular weight excluding hydrogens is 611 g/mol. The van der Waals surface area contributed by atoms with Gasteiger partial charge in [-0.05, 0) is 84.3 Å². The SMILES string of the molecule is CC12CC(c3ccc(CN4CCN(Cc5ccccc5)CC4)cc3)C3=C4CCC(=O)C=C4CCC3C1CCC2(O)C(F)(F)C(F)(F)F. The molecule has 4 aliphatic carbocycles. The van der Waals surface area contributed by atoms with Gasteiger partial charge in [0.05, 0.1) is 0 Å². The second-order valence-electron chi connectivity index (χ2n) is 14.7. The number of alkyl halides is 5. The van der Waals surface area contributed by atoms with Crippen molar-refractivity contribution in [2.75, 3.05) is 26.2 Å². The molecular formula is C38H43F5N2O2. The largest absolute Gasteiger partial charge is 0.456 e. The molecule has 5 atom stereocenters. The first-order chi connectivity index (χ1) is 22.3. The number of allylic oxidation sites excluding steroid dienone is 4. The predicted octanol–water partition coefficient (Wildman–Crippen LogP) is 7.83. The van der Waals surface area contributed by atoms with E-state index in [9.17, 15) is 23.1 Å². The molecule has 0 radical (unpaired) electrons. The Morgan fingerprint density at radius 3 is 2.06 bits per heavy atom. The van der Waals surface area contributed by atoms with E-state index in [1.807, 2.05) is 18.2 Å². The Hall–Kier alpha value is -2.88. The summed E-state index contributed by atoms with van der Waals surface area (Å²) in [4.78, 5) is 17.2. The summed E-state index contributed by atoms with van der Waals surface area (Å²) >= 11 is 0. The van der Waals surface area contributed by atoms with Crippen LogP contribution in [0.1, 0.15) is 74.5 Å². The quantitative estimate of drug-likeness (QED) is 0.323. The summed E-state index contributed by atoms with van der Waals surface area (Å²) in [6, 6.07) is 18.5. The molecule has 0 aromatic heterocycles. The van der Waals surface area contributed by atoms with Crippen molar-refractivity contribution < 1.29 is 31.9 Å². The van der Waals surface area contributed by atoms with Crippen molar-refractivity contribution in [2.45, 2.75) is 88.6 Å². The molecule has 5 unspecified atom stereocenters. The smallest absolute Gasteiger partial charge is 0.383 e. The van der Waals surface area contributed by atoms with Gasteiger partial charge >= 0.3 is 12.1 Å². The minimum Gasteiger partial charge on any atom is -0.383 e. The maximum absolute atomic E-state index is 15.3. The van der Waals surface area contributed by atoms with E-state index in [0.717, 1.165) is 67.1 Å². The molecule has 1 aliphatic heterocycles. The fourth-order valence-corrected chi connectivity index (χ4v) is 9.77. The first kappa shape index (κ1) is 32.7. The fourth-order valence-electron chi connectivity index (χ4n) is 9.77. The first-order valence-corrected chi connectivity index (χ1v) is 17.0. The Kier molecular flexibility index (Phi) is 8.28. The number of halogens is 5. The normalized spacial score (nSPS) is 32.1. The zero-order valence-corrected chi connectivity index (χ0v) is 26.8. The fraction of sp³-hybridized carbons (Fsp3) is 0.553. The molecule has 2 aromatic rings. The van der Waals surface area contributed by atoms with Crippen LogP contribution in [-0.2, 0) is 17.9 Å². The molecule has 1 heterocycles. The lowest BCUT2D eigenvalue weighted by Crippen LogP contribution is -2.65. The molecule has 9 heteroatoms. The molecule has 2 aromatic carbocycles. The zero-order chi connectivity index (χ0) is 33.2. The van der Waals surface area contributed by atoms with Crippen LogP contribution in [0.5, 0.6) is 0 Å². The summed E-state index contributed by atoms with van der Waals surface area (Å²) in [6.07, 6.45) is -2.51. The average Bonchev–Trinajstić information content (AvgIpc) is 3.33. The summed E-state index contributed by atoms with van der Waals surface area (Å²) in [6.45, 7) is 6.99. The van der Waals surface area contributed by atoms with E-state index in [2.05, 4.69) is 46.2 Å². The van der Waals surface area contributed by atoms with E-state index in [1.165, 1.54) is 12.5 Å². The third kappa shape index (κ3) is 5.50. The lowest BCUT2D eigenvalue weighted by atomic mass is 9.50. The van der Waals surface area contributed by atoms with Crippen LogP contribution < -0.4 is 0 Å². The van der Waals surface area contributed by atoms with Gasteiger partial charge in [0.25, 0.3) is 0 Å². The second-order valence-corrected chi connectivity index (χ2v) is 14.7. The number of rotatable bonds is 6. The molecule has 1 saturated heterocycles. The molecule has 2 saturated carbocycles. The summed E-state index contributed by atoms with van der Waals surface area (Å²) < 4.78 is 72.1. The molecule has 0 spiro atoms. The first-order valence-electron chi connectivity index (χ1n) is 17.0. The maximum atomic E-state index is 15.3. The second kappa shape index (κ2) is 11.9. The van der Waals surface area contributed by atoms with Gasteiger partial charge < -0.3 is 5.11 Å². The molecule has 0 amide bonds. The van der Waals surface area contributed by atoms with Gasteiger partial charge in [-0.15, -0.1) is 0 Å². The van der Waals surface area contributed by atoms with Crippen molar-refractivity contribution in [3.63, 3.8) is 0 Å². The highest BCUT2D eigenvalue weighted by Gasteiger charge is 2.79. The highest BCUT2D eigenvalue weighted by Crippen LogP contribution is 2.70. The van der Waals surface area contributed by atoms with Gasteiger partial charge in [0.1, 0.15) is 5.60 Å². The van der Waals surface area contributed by atoms with Crippen molar-refractivity contribution >= 4 is 5.78 Å². The number of hydrogen-bond acceptors (Lipinski definition) is 4. The van der Waals surface area contributed by atoms with Crippen molar-refractivity contribution in [3.8, 4) is 0 Å². The van der Waals surface area contributed by atoms with Gasteiger partial charge in [-0.1, -0.05) is 67.1 Å². The van der Waals surface area contributed by atoms with Crippen LogP contribution in [0.25, 0.3) is 0 Å². The summed E-state index contributed by atoms with van der Waals surface area (Å²) in [5, 5.41) is 11.5. The maximum Gasteiger partial charge on any atom is 0.456 e. The van der Waals surface area contributed by atoms with E-state index in [0.29, 0.717) is 25.7 Å². The standard InChI is InChI=1S/C38H43F5N2O2/c1-35-22-32(27-9-7-26(8-10-27)24-45-19-17-44(18-20-45)23-25-5-3-2-4-6-25)34-30-14-12-29(46)21-28(30)11-13-31(34)33(35)15-16-36(35,47)37(39,40)38(41,42)43/h2-10,21,31-33,47H,11-20,22-24H2,1H3. The van der Waals surface area contributed by atoms with E-state index in [4.69, 9.17) is 0 Å². The van der Waals surface area contributed by atoms with Crippen LogP contribution in [-0.4, -0.2) is 64.6 Å². The van der Waals surface area contributed by atoms with Crippen LogP contribution in [0.2, 0.25) is 0 Å². The van der Waals surface area contributed by atoms with Crippen molar-refractivity contribution in [2.24, 2.45) is 17.3 Å². The van der Waals surface area contributed by atoms with E-state index >= 15 is 8.78 Å². The van der Waals surface area contributed by atoms with E-state index in [-0.39, 0.29) is 24.5 Å². The minimum atomic E-state index is -5.85. The van der Waals surface area contributed by atoms with E-state index < -0.39 is 41.4 Å². The third-order valence-electron chi connectivity index (χ3n) is 12.3. The molecule has 47 heavy (non-hydrogen) atoms. The lowest BCUT2D eigenvalue weighted by Gasteiger charge is -2.56. The number of carbonyl (C=O) groups excluding carboxylic acids is 1. The monoisotopic (exact) mass is 654 g/mol. The molecule has 3 fully saturated rings. The van der Waals surface area contributed by atoms with Gasteiger partial charge in [-0.25, -0.2) is 0 Å². The van der Waals surface area contributed by atoms with Crippen LogP contribution >= 0.6 is 0 Å². The summed E-state index contributed by atoms with van der Waals surface area (Å²) in [5.41, 5.74) is 1.62. The van der Waals surface area contributed by atoms with Gasteiger partial charge in [0.2, 0.25) is 0 Å². The topological polar surface area (TPSA) is 43.8 Å². The van der Waals surface area contributed by atoms with Crippen LogP contribution in [0.3, 0.4) is 0 Å². The Balaban J connectivity index is 1.15. The molecule has 5 aliphatic rings. The average molecular weight is 655 g/mol. The van der Waals surface area contributed by atoms with Gasteiger partial charge in [-0.2, -0.15) is 22.0 Å². The van der Waals surface area contributed by atoms with Crippen LogP contribution in [0.15, 0.2) is 77.4 Å². The lowest BCUT2D eigenvalue weighted by molar-refractivity contribution is -0.362. The number of fused-ring (bicyclic) bond motifs is 4. The minimum absolute atomic E-state index is 0.000876. The van der Waals surface area contributed by atoms with Gasteiger partial charge in [0, 0.05) is 57.0 Å². The highest BCUT2D eigenvalue weighted by atomic mass is 19.4. The third-order valence-corrected chi connectivity index (χ3v) is 12.3. The Bertz CT molecular complexity index is 1560. The summed E-state index contributed by atoms with van der Waals surface area (Å²) in [5.74, 6) is -6.30.